The Hall–Kier alpha value is -3.35. The molecule has 0 saturated carbocycles. The zero-order valence-electron chi connectivity index (χ0n) is 16.8. The van der Waals surface area contributed by atoms with Crippen molar-refractivity contribution < 1.29 is 19.0 Å². The number of carbonyl (C=O) groups is 1. The normalized spacial score (nSPS) is 10.7. The van der Waals surface area contributed by atoms with E-state index in [-0.39, 0.29) is 24.6 Å². The van der Waals surface area contributed by atoms with Crippen LogP contribution in [-0.4, -0.2) is 29.7 Å². The van der Waals surface area contributed by atoms with Gasteiger partial charge < -0.3 is 14.2 Å². The summed E-state index contributed by atoms with van der Waals surface area (Å²) in [7, 11) is 3.05. The topological polar surface area (TPSA) is 79.7 Å². The first-order valence-corrected chi connectivity index (χ1v) is 9.34. The molecule has 0 aliphatic rings. The third-order valence-electron chi connectivity index (χ3n) is 4.63. The number of fused-ring (bicyclic) bond motifs is 1. The number of aromatic nitrogens is 2. The molecule has 0 amide bonds. The van der Waals surface area contributed by atoms with E-state index < -0.39 is 0 Å². The van der Waals surface area contributed by atoms with Crippen LogP contribution in [0.1, 0.15) is 24.0 Å². The Morgan fingerprint density at radius 3 is 2.45 bits per heavy atom. The van der Waals surface area contributed by atoms with Crippen LogP contribution in [0, 0.1) is 6.92 Å². The summed E-state index contributed by atoms with van der Waals surface area (Å²) in [6, 6.07) is 11.1. The maximum absolute atomic E-state index is 12.7. The maximum Gasteiger partial charge on any atom is 0.306 e. The fraction of sp³-hybridized carbons (Fsp3) is 0.318. The van der Waals surface area contributed by atoms with Crippen molar-refractivity contribution in [3.8, 4) is 11.5 Å². The van der Waals surface area contributed by atoms with Crippen LogP contribution in [0.4, 0.5) is 0 Å². The highest BCUT2D eigenvalue weighted by atomic mass is 16.5. The quantitative estimate of drug-likeness (QED) is 0.544. The van der Waals surface area contributed by atoms with Gasteiger partial charge in [0.05, 0.1) is 31.4 Å². The molecule has 0 aliphatic heterocycles. The van der Waals surface area contributed by atoms with Gasteiger partial charge in [-0.2, -0.15) is 0 Å². The molecule has 2 aromatic carbocycles. The molecule has 0 saturated heterocycles. The van der Waals surface area contributed by atoms with Crippen LogP contribution in [0.25, 0.3) is 10.9 Å². The van der Waals surface area contributed by atoms with Gasteiger partial charge in [0.2, 0.25) is 0 Å². The van der Waals surface area contributed by atoms with Crippen LogP contribution < -0.4 is 15.0 Å². The first kappa shape index (κ1) is 20.4. The van der Waals surface area contributed by atoms with Gasteiger partial charge in [-0.25, -0.2) is 4.98 Å². The van der Waals surface area contributed by atoms with Gasteiger partial charge in [-0.3, -0.25) is 14.2 Å². The number of nitrogens with zero attached hydrogens (tertiary/aromatic N) is 2. The van der Waals surface area contributed by atoms with Crippen LogP contribution in [0.3, 0.4) is 0 Å². The second kappa shape index (κ2) is 9.23. The van der Waals surface area contributed by atoms with E-state index in [1.165, 1.54) is 25.1 Å². The van der Waals surface area contributed by atoms with Crippen molar-refractivity contribution >= 4 is 16.9 Å². The minimum atomic E-state index is -0.293. The highest BCUT2D eigenvalue weighted by Gasteiger charge is 2.11. The largest absolute Gasteiger partial charge is 0.493 e. The lowest BCUT2D eigenvalue weighted by Gasteiger charge is -2.10. The molecule has 7 nitrogen and oxygen atoms in total. The monoisotopic (exact) mass is 396 g/mol. The number of hydrogen-bond acceptors (Lipinski definition) is 6. The molecule has 29 heavy (non-hydrogen) atoms. The van der Waals surface area contributed by atoms with Crippen molar-refractivity contribution in [1.82, 2.24) is 9.55 Å². The van der Waals surface area contributed by atoms with Gasteiger partial charge in [0, 0.05) is 19.0 Å². The zero-order chi connectivity index (χ0) is 20.8. The smallest absolute Gasteiger partial charge is 0.306 e. The molecule has 0 fully saturated rings. The number of benzene rings is 2. The van der Waals surface area contributed by atoms with E-state index in [1.807, 2.05) is 31.2 Å². The Bertz CT molecular complexity index is 1060. The van der Waals surface area contributed by atoms with Crippen molar-refractivity contribution in [1.29, 1.82) is 0 Å². The SMILES string of the molecule is COc1cc2ncn(CCCC(=O)OCc3ccc(C)cc3)c(=O)c2cc1OC. The number of aryl methyl sites for hydroxylation is 2. The summed E-state index contributed by atoms with van der Waals surface area (Å²) in [5.41, 5.74) is 2.44. The lowest BCUT2D eigenvalue weighted by Crippen LogP contribution is -2.21. The van der Waals surface area contributed by atoms with E-state index in [1.54, 1.807) is 12.1 Å². The minimum Gasteiger partial charge on any atom is -0.493 e. The summed E-state index contributed by atoms with van der Waals surface area (Å²) in [6.07, 6.45) is 2.18. The predicted molar refractivity (Wildman–Crippen MR) is 109 cm³/mol. The molecule has 0 radical (unpaired) electrons. The van der Waals surface area contributed by atoms with Crippen LogP contribution in [-0.2, 0) is 22.7 Å². The Labute approximate surface area is 168 Å². The summed E-state index contributed by atoms with van der Waals surface area (Å²) >= 11 is 0. The van der Waals surface area contributed by atoms with E-state index in [9.17, 15) is 9.59 Å². The van der Waals surface area contributed by atoms with E-state index >= 15 is 0 Å². The first-order valence-electron chi connectivity index (χ1n) is 9.34. The highest BCUT2D eigenvalue weighted by Crippen LogP contribution is 2.29. The molecule has 1 heterocycles. The van der Waals surface area contributed by atoms with Crippen LogP contribution in [0.2, 0.25) is 0 Å². The molecule has 0 N–H and O–H groups in total. The van der Waals surface area contributed by atoms with Gasteiger partial charge in [0.15, 0.2) is 11.5 Å². The Balaban J connectivity index is 1.60. The number of esters is 1. The molecule has 0 unspecified atom stereocenters. The lowest BCUT2D eigenvalue weighted by atomic mass is 10.2. The zero-order valence-corrected chi connectivity index (χ0v) is 16.8. The van der Waals surface area contributed by atoms with E-state index in [2.05, 4.69) is 4.98 Å². The van der Waals surface area contributed by atoms with Gasteiger partial charge in [-0.1, -0.05) is 29.8 Å². The number of carbonyl (C=O) groups excluding carboxylic acids is 1. The average Bonchev–Trinajstić information content (AvgIpc) is 2.74. The maximum atomic E-state index is 12.7. The van der Waals surface area contributed by atoms with Gasteiger partial charge in [-0.05, 0) is 25.0 Å². The summed E-state index contributed by atoms with van der Waals surface area (Å²) in [5.74, 6) is 0.691. The van der Waals surface area contributed by atoms with Crippen LogP contribution in [0.15, 0.2) is 47.5 Å². The van der Waals surface area contributed by atoms with Gasteiger partial charge in [0.1, 0.15) is 6.61 Å². The first-order chi connectivity index (χ1) is 14.0. The molecule has 0 spiro atoms. The van der Waals surface area contributed by atoms with Gasteiger partial charge in [0.25, 0.3) is 5.56 Å². The Morgan fingerprint density at radius 1 is 1.07 bits per heavy atom. The molecule has 7 heteroatoms. The summed E-state index contributed by atoms with van der Waals surface area (Å²) in [4.78, 5) is 29.0. The van der Waals surface area contributed by atoms with Crippen molar-refractivity contribution in [2.24, 2.45) is 0 Å². The van der Waals surface area contributed by atoms with E-state index in [4.69, 9.17) is 14.2 Å². The number of methoxy groups -OCH3 is 2. The van der Waals surface area contributed by atoms with E-state index in [0.717, 1.165) is 11.1 Å². The number of ether oxygens (including phenoxy) is 3. The third-order valence-corrected chi connectivity index (χ3v) is 4.63. The molecular formula is C22H24N2O5. The highest BCUT2D eigenvalue weighted by molar-refractivity contribution is 5.81. The molecule has 3 aromatic rings. The third kappa shape index (κ3) is 4.93. The summed E-state index contributed by atoms with van der Waals surface area (Å²) in [5, 5.41) is 0.437. The summed E-state index contributed by atoms with van der Waals surface area (Å²) in [6.45, 7) is 2.62. The average molecular weight is 396 g/mol. The van der Waals surface area contributed by atoms with Gasteiger partial charge >= 0.3 is 5.97 Å². The number of hydrogen-bond donors (Lipinski definition) is 0. The van der Waals surface area contributed by atoms with Crippen molar-refractivity contribution in [2.75, 3.05) is 14.2 Å². The van der Waals surface area contributed by atoms with Crippen LogP contribution in [0.5, 0.6) is 11.5 Å². The molecule has 0 bridgehead atoms. The lowest BCUT2D eigenvalue weighted by molar-refractivity contribution is -0.145. The Kier molecular flexibility index (Phi) is 6.49. The van der Waals surface area contributed by atoms with Crippen molar-refractivity contribution in [3.05, 3.63) is 64.2 Å². The summed E-state index contributed by atoms with van der Waals surface area (Å²) < 4.78 is 17.3. The predicted octanol–water partition coefficient (Wildman–Crippen LogP) is 3.25. The molecule has 1 aromatic heterocycles. The minimum absolute atomic E-state index is 0.191. The second-order valence-electron chi connectivity index (χ2n) is 6.72. The standard InChI is InChI=1S/C22H24N2O5/c1-15-6-8-16(9-7-15)13-29-21(25)5-4-10-24-14-23-18-12-20(28-3)19(27-2)11-17(18)22(24)26/h6-9,11-12,14H,4-5,10,13H2,1-3H3. The van der Waals surface area contributed by atoms with E-state index in [0.29, 0.717) is 35.4 Å². The number of rotatable bonds is 8. The molecule has 0 aliphatic carbocycles. The van der Waals surface area contributed by atoms with Crippen molar-refractivity contribution in [2.45, 2.75) is 32.9 Å². The Morgan fingerprint density at radius 2 is 1.76 bits per heavy atom. The second-order valence-corrected chi connectivity index (χ2v) is 6.72. The molecule has 152 valence electrons. The fourth-order valence-corrected chi connectivity index (χ4v) is 2.96. The molecule has 3 rings (SSSR count). The fourth-order valence-electron chi connectivity index (χ4n) is 2.96. The van der Waals surface area contributed by atoms with Gasteiger partial charge in [-0.15, -0.1) is 0 Å². The van der Waals surface area contributed by atoms with Crippen molar-refractivity contribution in [3.63, 3.8) is 0 Å². The molecule has 0 atom stereocenters. The molecular weight excluding hydrogens is 372 g/mol. The van der Waals surface area contributed by atoms with Crippen LogP contribution >= 0.6 is 0 Å².